The number of amides is 1. The highest BCUT2D eigenvalue weighted by atomic mass is 127. The first kappa shape index (κ1) is 26.7. The summed E-state index contributed by atoms with van der Waals surface area (Å²) in [6.45, 7) is 4.13. The number of carbonyl (C=O) groups is 2. The van der Waals surface area contributed by atoms with Crippen molar-refractivity contribution in [3.63, 3.8) is 0 Å². The molecule has 194 valence electrons. The Bertz CT molecular complexity index is 1030. The highest BCUT2D eigenvalue weighted by molar-refractivity contribution is 14.1. The summed E-state index contributed by atoms with van der Waals surface area (Å²) < 4.78 is 16.7. The van der Waals surface area contributed by atoms with Crippen molar-refractivity contribution in [2.24, 2.45) is 0 Å². The van der Waals surface area contributed by atoms with Gasteiger partial charge in [0.25, 0.3) is 0 Å². The average Bonchev–Trinajstić information content (AvgIpc) is 2.89. The zero-order valence-corrected chi connectivity index (χ0v) is 23.0. The van der Waals surface area contributed by atoms with Crippen LogP contribution in [-0.4, -0.2) is 62.6 Å². The summed E-state index contributed by atoms with van der Waals surface area (Å²) in [7, 11) is 1.61. The topological polar surface area (TPSA) is 77.1 Å². The number of halogens is 1. The summed E-state index contributed by atoms with van der Waals surface area (Å²) in [5.41, 5.74) is 1.83. The van der Waals surface area contributed by atoms with E-state index in [4.69, 9.17) is 14.2 Å². The molecule has 2 aliphatic rings. The van der Waals surface area contributed by atoms with Crippen LogP contribution in [0.25, 0.3) is 0 Å². The van der Waals surface area contributed by atoms with E-state index in [9.17, 15) is 9.59 Å². The molecule has 1 unspecified atom stereocenters. The number of Topliss-reactive ketones (excluding diaryl/α,β-unsaturated/α-hetero) is 1. The van der Waals surface area contributed by atoms with Gasteiger partial charge in [0, 0.05) is 24.9 Å². The second kappa shape index (κ2) is 13.3. The molecule has 2 aliphatic heterocycles. The lowest BCUT2D eigenvalue weighted by atomic mass is 10.0. The molecule has 2 aromatic rings. The second-order valence-corrected chi connectivity index (χ2v) is 10.7. The van der Waals surface area contributed by atoms with Crippen molar-refractivity contribution in [1.82, 2.24) is 10.2 Å². The fourth-order valence-electron chi connectivity index (χ4n) is 4.47. The van der Waals surface area contributed by atoms with Gasteiger partial charge in [-0.2, -0.15) is 0 Å². The Morgan fingerprint density at radius 1 is 1.00 bits per heavy atom. The third-order valence-corrected chi connectivity index (χ3v) is 8.29. The maximum atomic E-state index is 12.8. The molecule has 0 bridgehead atoms. The zero-order valence-electron chi connectivity index (χ0n) is 20.8. The number of benzene rings is 2. The van der Waals surface area contributed by atoms with E-state index < -0.39 is 0 Å². The number of carbonyl (C=O) groups excluding carboxylic acids is 2. The Morgan fingerprint density at radius 2 is 1.72 bits per heavy atom. The van der Waals surface area contributed by atoms with Gasteiger partial charge in [-0.1, -0.05) is 35.1 Å². The van der Waals surface area contributed by atoms with Crippen LogP contribution in [0.5, 0.6) is 17.2 Å². The van der Waals surface area contributed by atoms with Gasteiger partial charge in [0.1, 0.15) is 19.0 Å². The third-order valence-electron chi connectivity index (χ3n) is 6.71. The molecule has 7 nitrogen and oxygen atoms in total. The fraction of sp³-hybridized carbons (Fsp3) is 0.500. The van der Waals surface area contributed by atoms with E-state index in [0.717, 1.165) is 61.7 Å². The molecule has 2 heterocycles. The Balaban J connectivity index is 1.24. The number of ether oxygens (including phenoxy) is 3. The Hall–Kier alpha value is -2.33. The summed E-state index contributed by atoms with van der Waals surface area (Å²) in [5, 5.41) is 3.29. The van der Waals surface area contributed by atoms with Gasteiger partial charge in [-0.15, -0.1) is 0 Å². The molecule has 1 N–H and O–H groups in total. The number of methoxy groups -OCH3 is 1. The number of rotatable bonds is 13. The molecule has 1 saturated heterocycles. The van der Waals surface area contributed by atoms with Gasteiger partial charge in [-0.05, 0) is 74.3 Å². The van der Waals surface area contributed by atoms with Crippen LogP contribution < -0.4 is 19.5 Å². The number of nitrogens with one attached hydrogen (secondary N) is 1. The van der Waals surface area contributed by atoms with Gasteiger partial charge in [0.15, 0.2) is 17.3 Å². The fourth-order valence-corrected chi connectivity index (χ4v) is 5.26. The standard InChI is InChI=1S/C28H35IN2O5/c1-34-22-11-8-20(9-12-22)24(32)6-3-2-4-7-27(33)30-23(19-31-14-5-15-31)28(29)21-10-13-25-26(18-21)36-17-16-35-25/h8-13,18,23,28H,2-7,14-17,19H2,1H3,(H,30,33)/t23-,28?/m1/s1. The number of unbranched alkanes of at least 4 members (excludes halogenated alkanes) is 2. The molecule has 0 radical (unpaired) electrons. The molecule has 36 heavy (non-hydrogen) atoms. The third kappa shape index (κ3) is 7.35. The molecule has 1 amide bonds. The maximum Gasteiger partial charge on any atom is 0.220 e. The Morgan fingerprint density at radius 3 is 2.42 bits per heavy atom. The predicted octanol–water partition coefficient (Wildman–Crippen LogP) is 4.97. The number of nitrogens with zero attached hydrogens (tertiary/aromatic N) is 1. The second-order valence-electron chi connectivity index (χ2n) is 9.35. The summed E-state index contributed by atoms with van der Waals surface area (Å²) >= 11 is 2.44. The normalized spacial score (nSPS) is 16.5. The molecule has 1 fully saturated rings. The molecule has 0 aromatic heterocycles. The number of hydrogen-bond donors (Lipinski definition) is 1. The highest BCUT2D eigenvalue weighted by Crippen LogP contribution is 2.37. The first-order valence-corrected chi connectivity index (χ1v) is 14.0. The molecular weight excluding hydrogens is 571 g/mol. The number of ketones is 1. The first-order chi connectivity index (χ1) is 17.5. The van der Waals surface area contributed by atoms with E-state index in [1.54, 1.807) is 31.4 Å². The van der Waals surface area contributed by atoms with E-state index in [1.165, 1.54) is 6.42 Å². The van der Waals surface area contributed by atoms with Crippen LogP contribution in [0.4, 0.5) is 0 Å². The summed E-state index contributed by atoms with van der Waals surface area (Å²) in [6, 6.07) is 13.3. The summed E-state index contributed by atoms with van der Waals surface area (Å²) in [4.78, 5) is 27.6. The van der Waals surface area contributed by atoms with E-state index in [2.05, 4.69) is 38.9 Å². The molecule has 0 spiro atoms. The van der Waals surface area contributed by atoms with Crippen LogP contribution in [0.1, 0.15) is 58.4 Å². The van der Waals surface area contributed by atoms with Crippen molar-refractivity contribution in [2.45, 2.75) is 48.5 Å². The van der Waals surface area contributed by atoms with Gasteiger partial charge in [-0.3, -0.25) is 9.59 Å². The van der Waals surface area contributed by atoms with Crippen LogP contribution >= 0.6 is 22.6 Å². The average molecular weight is 607 g/mol. The molecule has 2 atom stereocenters. The first-order valence-electron chi connectivity index (χ1n) is 12.8. The van der Waals surface area contributed by atoms with Crippen molar-refractivity contribution in [3.8, 4) is 17.2 Å². The minimum atomic E-state index is 0.0117. The van der Waals surface area contributed by atoms with Crippen LogP contribution in [-0.2, 0) is 4.79 Å². The lowest BCUT2D eigenvalue weighted by molar-refractivity contribution is -0.122. The number of alkyl halides is 1. The minimum Gasteiger partial charge on any atom is -0.497 e. The SMILES string of the molecule is COc1ccc(C(=O)CCCCCC(=O)N[C@H](CN2CCC2)C(I)c2ccc3c(c2)OCCO3)cc1. The van der Waals surface area contributed by atoms with Crippen molar-refractivity contribution >= 4 is 34.3 Å². The quantitative estimate of drug-likeness (QED) is 0.150. The van der Waals surface area contributed by atoms with Crippen molar-refractivity contribution < 1.29 is 23.8 Å². The van der Waals surface area contributed by atoms with Gasteiger partial charge < -0.3 is 24.4 Å². The highest BCUT2D eigenvalue weighted by Gasteiger charge is 2.28. The lowest BCUT2D eigenvalue weighted by Gasteiger charge is -2.36. The van der Waals surface area contributed by atoms with Crippen LogP contribution in [0, 0.1) is 0 Å². The van der Waals surface area contributed by atoms with E-state index >= 15 is 0 Å². The van der Waals surface area contributed by atoms with Crippen LogP contribution in [0.2, 0.25) is 0 Å². The maximum absolute atomic E-state index is 12.8. The van der Waals surface area contributed by atoms with Gasteiger partial charge in [-0.25, -0.2) is 0 Å². The van der Waals surface area contributed by atoms with Crippen molar-refractivity contribution in [3.05, 3.63) is 53.6 Å². The van der Waals surface area contributed by atoms with E-state index in [0.29, 0.717) is 31.6 Å². The van der Waals surface area contributed by atoms with Crippen molar-refractivity contribution in [2.75, 3.05) is 40.0 Å². The smallest absolute Gasteiger partial charge is 0.220 e. The molecule has 2 aromatic carbocycles. The van der Waals surface area contributed by atoms with Crippen molar-refractivity contribution in [1.29, 1.82) is 0 Å². The van der Waals surface area contributed by atoms with E-state index in [-0.39, 0.29) is 21.7 Å². The number of hydrogen-bond acceptors (Lipinski definition) is 6. The van der Waals surface area contributed by atoms with Crippen LogP contribution in [0.15, 0.2) is 42.5 Å². The Labute approximate surface area is 227 Å². The molecular formula is C28H35IN2O5. The number of likely N-dealkylation sites (tertiary alicyclic amines) is 1. The molecule has 0 aliphatic carbocycles. The monoisotopic (exact) mass is 606 g/mol. The van der Waals surface area contributed by atoms with Gasteiger partial charge >= 0.3 is 0 Å². The Kier molecular flexibility index (Phi) is 9.86. The van der Waals surface area contributed by atoms with Crippen LogP contribution in [0.3, 0.4) is 0 Å². The summed E-state index contributed by atoms with van der Waals surface area (Å²) in [5.74, 6) is 2.50. The minimum absolute atomic E-state index is 0.0117. The molecule has 4 rings (SSSR count). The van der Waals surface area contributed by atoms with E-state index in [1.807, 2.05) is 12.1 Å². The predicted molar refractivity (Wildman–Crippen MR) is 148 cm³/mol. The summed E-state index contributed by atoms with van der Waals surface area (Å²) in [6.07, 6.45) is 4.58. The largest absolute Gasteiger partial charge is 0.497 e. The van der Waals surface area contributed by atoms with Gasteiger partial charge in [0.2, 0.25) is 5.91 Å². The molecule has 0 saturated carbocycles. The lowest BCUT2D eigenvalue weighted by Crippen LogP contribution is -2.50. The zero-order chi connectivity index (χ0) is 25.3. The number of fused-ring (bicyclic) bond motifs is 1. The van der Waals surface area contributed by atoms with Gasteiger partial charge in [0.05, 0.1) is 17.1 Å². The molecule has 8 heteroatoms.